The Morgan fingerprint density at radius 1 is 1.25 bits per heavy atom. The highest BCUT2D eigenvalue weighted by atomic mass is 35.5. The summed E-state index contributed by atoms with van der Waals surface area (Å²) in [4.78, 5) is 2.47. The van der Waals surface area contributed by atoms with Gasteiger partial charge in [-0.05, 0) is 30.4 Å². The van der Waals surface area contributed by atoms with Crippen LogP contribution in [0.25, 0.3) is 0 Å². The van der Waals surface area contributed by atoms with Crippen LogP contribution in [0.4, 0.5) is 4.39 Å². The maximum Gasteiger partial charge on any atom is 0.142 e. The molecule has 1 aliphatic heterocycles. The Bertz CT molecular complexity index is 445. The van der Waals surface area contributed by atoms with E-state index in [9.17, 15) is 4.39 Å². The Morgan fingerprint density at radius 2 is 1.95 bits per heavy atom. The van der Waals surface area contributed by atoms with Gasteiger partial charge in [-0.1, -0.05) is 30.2 Å². The molecule has 0 bridgehead atoms. The molecular formula is C15H21Cl2FN2. The maximum atomic E-state index is 13.7. The van der Waals surface area contributed by atoms with Crippen LogP contribution in [0.5, 0.6) is 0 Å². The van der Waals surface area contributed by atoms with Crippen molar-refractivity contribution in [3.8, 4) is 0 Å². The van der Waals surface area contributed by atoms with E-state index in [1.807, 2.05) is 6.07 Å². The Morgan fingerprint density at radius 3 is 2.55 bits per heavy atom. The molecule has 0 radical (unpaired) electrons. The molecule has 1 saturated carbocycles. The van der Waals surface area contributed by atoms with Crippen molar-refractivity contribution in [1.82, 2.24) is 10.2 Å². The third-order valence-electron chi connectivity index (χ3n) is 4.44. The SMILES string of the molecule is Cl.Fc1cccc([C@H](C2CCC2)N2CCNCC2)c1Cl. The number of halogens is 3. The molecule has 112 valence electrons. The highest BCUT2D eigenvalue weighted by Gasteiger charge is 2.35. The Hall–Kier alpha value is -0.350. The molecule has 20 heavy (non-hydrogen) atoms. The summed E-state index contributed by atoms with van der Waals surface area (Å²) in [6.07, 6.45) is 3.77. The molecular weight excluding hydrogens is 298 g/mol. The quantitative estimate of drug-likeness (QED) is 0.915. The van der Waals surface area contributed by atoms with Gasteiger partial charge in [0.2, 0.25) is 0 Å². The minimum Gasteiger partial charge on any atom is -0.314 e. The zero-order valence-electron chi connectivity index (χ0n) is 11.4. The molecule has 2 fully saturated rings. The van der Waals surface area contributed by atoms with E-state index in [0.29, 0.717) is 17.0 Å². The average molecular weight is 319 g/mol. The highest BCUT2D eigenvalue weighted by molar-refractivity contribution is 6.31. The number of rotatable bonds is 3. The third-order valence-corrected chi connectivity index (χ3v) is 4.84. The van der Waals surface area contributed by atoms with E-state index < -0.39 is 0 Å². The van der Waals surface area contributed by atoms with Crippen molar-refractivity contribution in [3.63, 3.8) is 0 Å². The lowest BCUT2D eigenvalue weighted by Crippen LogP contribution is -2.48. The zero-order valence-corrected chi connectivity index (χ0v) is 13.0. The van der Waals surface area contributed by atoms with Crippen molar-refractivity contribution in [2.45, 2.75) is 25.3 Å². The first-order valence-corrected chi connectivity index (χ1v) is 7.54. The van der Waals surface area contributed by atoms with Crippen LogP contribution < -0.4 is 5.32 Å². The van der Waals surface area contributed by atoms with Gasteiger partial charge in [0.1, 0.15) is 5.82 Å². The van der Waals surface area contributed by atoms with Crippen LogP contribution in [-0.4, -0.2) is 31.1 Å². The lowest BCUT2D eigenvalue weighted by atomic mass is 9.76. The van der Waals surface area contributed by atoms with Gasteiger partial charge in [0, 0.05) is 32.2 Å². The second kappa shape index (κ2) is 7.08. The van der Waals surface area contributed by atoms with Crippen molar-refractivity contribution in [2.24, 2.45) is 5.92 Å². The van der Waals surface area contributed by atoms with E-state index in [1.54, 1.807) is 6.07 Å². The fraction of sp³-hybridized carbons (Fsp3) is 0.600. The van der Waals surface area contributed by atoms with Crippen molar-refractivity contribution in [1.29, 1.82) is 0 Å². The van der Waals surface area contributed by atoms with E-state index in [0.717, 1.165) is 31.7 Å². The Labute approximate surface area is 131 Å². The van der Waals surface area contributed by atoms with Crippen LogP contribution >= 0.6 is 24.0 Å². The summed E-state index contributed by atoms with van der Waals surface area (Å²) in [5.41, 5.74) is 0.980. The largest absolute Gasteiger partial charge is 0.314 e. The van der Waals surface area contributed by atoms with Crippen molar-refractivity contribution in [3.05, 3.63) is 34.6 Å². The van der Waals surface area contributed by atoms with Gasteiger partial charge < -0.3 is 5.32 Å². The molecule has 3 rings (SSSR count). The van der Waals surface area contributed by atoms with Gasteiger partial charge in [-0.25, -0.2) is 4.39 Å². The fourth-order valence-electron chi connectivity index (χ4n) is 3.21. The topological polar surface area (TPSA) is 15.3 Å². The van der Waals surface area contributed by atoms with E-state index in [-0.39, 0.29) is 18.2 Å². The minimum absolute atomic E-state index is 0. The summed E-state index contributed by atoms with van der Waals surface area (Å²) >= 11 is 6.22. The number of piperazine rings is 1. The van der Waals surface area contributed by atoms with Crippen LogP contribution in [-0.2, 0) is 0 Å². The smallest absolute Gasteiger partial charge is 0.142 e. The zero-order chi connectivity index (χ0) is 13.2. The predicted molar refractivity (Wildman–Crippen MR) is 83.2 cm³/mol. The molecule has 1 N–H and O–H groups in total. The van der Waals surface area contributed by atoms with Gasteiger partial charge in [0.15, 0.2) is 0 Å². The molecule has 1 aromatic carbocycles. The molecule has 0 spiro atoms. The van der Waals surface area contributed by atoms with Crippen LogP contribution in [0.1, 0.15) is 30.9 Å². The monoisotopic (exact) mass is 318 g/mol. The highest BCUT2D eigenvalue weighted by Crippen LogP contribution is 2.43. The summed E-state index contributed by atoms with van der Waals surface area (Å²) in [6.45, 7) is 4.06. The molecule has 1 aromatic rings. The summed E-state index contributed by atoms with van der Waals surface area (Å²) < 4.78 is 13.7. The molecule has 1 atom stereocenters. The number of hydrogen-bond acceptors (Lipinski definition) is 2. The molecule has 5 heteroatoms. The molecule has 0 amide bonds. The van der Waals surface area contributed by atoms with Crippen molar-refractivity contribution in [2.75, 3.05) is 26.2 Å². The van der Waals surface area contributed by atoms with Crippen LogP contribution in [0.15, 0.2) is 18.2 Å². The fourth-order valence-corrected chi connectivity index (χ4v) is 3.45. The predicted octanol–water partition coefficient (Wildman–Crippen LogP) is 3.65. The van der Waals surface area contributed by atoms with Gasteiger partial charge in [-0.3, -0.25) is 4.90 Å². The standard InChI is InChI=1S/C15H20ClFN2.ClH/c16-14-12(5-2-6-13(14)17)15(11-3-1-4-11)19-9-7-18-8-10-19;/h2,5-6,11,15,18H,1,3-4,7-10H2;1H/t15-;/m0./s1. The number of nitrogens with one attached hydrogen (secondary N) is 1. The van der Waals surface area contributed by atoms with Crippen LogP contribution in [0.2, 0.25) is 5.02 Å². The Kier molecular flexibility index (Phi) is 5.67. The molecule has 2 aliphatic rings. The summed E-state index contributed by atoms with van der Waals surface area (Å²) in [5, 5.41) is 3.69. The number of hydrogen-bond donors (Lipinski definition) is 1. The normalized spacial score (nSPS) is 21.9. The first-order valence-electron chi connectivity index (χ1n) is 7.16. The average Bonchev–Trinajstić information content (AvgIpc) is 2.38. The van der Waals surface area contributed by atoms with E-state index >= 15 is 0 Å². The van der Waals surface area contributed by atoms with Gasteiger partial charge in [-0.15, -0.1) is 12.4 Å². The molecule has 2 nitrogen and oxygen atoms in total. The molecule has 1 saturated heterocycles. The molecule has 1 heterocycles. The molecule has 0 aromatic heterocycles. The Balaban J connectivity index is 0.00000147. The maximum absolute atomic E-state index is 13.7. The van der Waals surface area contributed by atoms with Gasteiger partial charge in [0.25, 0.3) is 0 Å². The van der Waals surface area contributed by atoms with Gasteiger partial charge >= 0.3 is 0 Å². The van der Waals surface area contributed by atoms with E-state index in [4.69, 9.17) is 11.6 Å². The summed E-state index contributed by atoms with van der Waals surface area (Å²) in [7, 11) is 0. The second-order valence-corrected chi connectivity index (χ2v) is 5.94. The first kappa shape index (κ1) is 16.0. The summed E-state index contributed by atoms with van der Waals surface area (Å²) in [5.74, 6) is 0.344. The third kappa shape index (κ3) is 3.11. The van der Waals surface area contributed by atoms with E-state index in [1.165, 1.54) is 25.3 Å². The van der Waals surface area contributed by atoms with Gasteiger partial charge in [-0.2, -0.15) is 0 Å². The molecule has 1 aliphatic carbocycles. The number of nitrogens with zero attached hydrogens (tertiary/aromatic N) is 1. The van der Waals surface area contributed by atoms with Crippen molar-refractivity contribution >= 4 is 24.0 Å². The first-order chi connectivity index (χ1) is 9.27. The second-order valence-electron chi connectivity index (χ2n) is 5.56. The van der Waals surface area contributed by atoms with E-state index in [2.05, 4.69) is 10.2 Å². The van der Waals surface area contributed by atoms with Crippen LogP contribution in [0.3, 0.4) is 0 Å². The van der Waals surface area contributed by atoms with Crippen molar-refractivity contribution < 1.29 is 4.39 Å². The van der Waals surface area contributed by atoms with Gasteiger partial charge in [0.05, 0.1) is 5.02 Å². The molecule has 0 unspecified atom stereocenters. The lowest BCUT2D eigenvalue weighted by molar-refractivity contribution is 0.0836. The minimum atomic E-state index is -0.293. The summed E-state index contributed by atoms with van der Waals surface area (Å²) in [6, 6.07) is 5.52. The van der Waals surface area contributed by atoms with Crippen LogP contribution in [0, 0.1) is 11.7 Å². The number of benzene rings is 1. The lowest BCUT2D eigenvalue weighted by Gasteiger charge is -2.43.